The van der Waals surface area contributed by atoms with Gasteiger partial charge in [-0.3, -0.25) is 4.79 Å². The Kier molecular flexibility index (Phi) is 6.43. The molecule has 0 spiro atoms. The summed E-state index contributed by atoms with van der Waals surface area (Å²) in [6.45, 7) is 1.40. The lowest BCUT2D eigenvalue weighted by molar-refractivity contribution is -0.120. The lowest BCUT2D eigenvalue weighted by Gasteiger charge is -2.31. The third kappa shape index (κ3) is 4.46. The Morgan fingerprint density at radius 3 is 2.53 bits per heavy atom. The van der Waals surface area contributed by atoms with E-state index in [0.717, 1.165) is 0 Å². The first-order valence-corrected chi connectivity index (χ1v) is 11.8. The first-order valence-electron chi connectivity index (χ1n) is 10.3. The molecule has 2 aliphatic heterocycles. The summed E-state index contributed by atoms with van der Waals surface area (Å²) >= 11 is 0. The van der Waals surface area contributed by atoms with Crippen molar-refractivity contribution in [1.29, 1.82) is 0 Å². The molecule has 10 heteroatoms. The van der Waals surface area contributed by atoms with Crippen LogP contribution in [0.15, 0.2) is 41.3 Å². The Bertz CT molecular complexity index is 1100. The van der Waals surface area contributed by atoms with Crippen LogP contribution in [0.5, 0.6) is 23.0 Å². The van der Waals surface area contributed by atoms with Crippen molar-refractivity contribution in [2.45, 2.75) is 17.7 Å². The van der Waals surface area contributed by atoms with Crippen LogP contribution in [-0.4, -0.2) is 59.2 Å². The first-order chi connectivity index (χ1) is 15.4. The minimum Gasteiger partial charge on any atom is -0.493 e. The Labute approximate surface area is 187 Å². The van der Waals surface area contributed by atoms with E-state index in [1.165, 1.54) is 30.7 Å². The predicted molar refractivity (Wildman–Crippen MR) is 117 cm³/mol. The van der Waals surface area contributed by atoms with Gasteiger partial charge in [0, 0.05) is 30.9 Å². The molecule has 0 unspecified atom stereocenters. The largest absolute Gasteiger partial charge is 0.493 e. The van der Waals surface area contributed by atoms with E-state index >= 15 is 0 Å². The number of hydrogen-bond donors (Lipinski definition) is 1. The van der Waals surface area contributed by atoms with Gasteiger partial charge in [-0.2, -0.15) is 4.31 Å². The minimum atomic E-state index is -3.79. The number of ether oxygens (including phenoxy) is 4. The molecule has 2 aromatic carbocycles. The number of hydrogen-bond acceptors (Lipinski definition) is 7. The van der Waals surface area contributed by atoms with Gasteiger partial charge < -0.3 is 24.3 Å². The Morgan fingerprint density at radius 1 is 1.03 bits per heavy atom. The number of anilines is 1. The van der Waals surface area contributed by atoms with Crippen LogP contribution in [0.25, 0.3) is 0 Å². The zero-order valence-electron chi connectivity index (χ0n) is 18.0. The number of sulfonamides is 1. The molecule has 2 aromatic rings. The van der Waals surface area contributed by atoms with Crippen molar-refractivity contribution in [3.05, 3.63) is 36.4 Å². The zero-order chi connectivity index (χ0) is 22.7. The lowest BCUT2D eigenvalue weighted by atomic mass is 9.98. The fraction of sp³-hybridized carbons (Fsp3) is 0.409. The summed E-state index contributed by atoms with van der Waals surface area (Å²) in [6, 6.07) is 9.68. The highest BCUT2D eigenvalue weighted by Crippen LogP contribution is 2.34. The quantitative estimate of drug-likeness (QED) is 0.704. The molecule has 9 nitrogen and oxygen atoms in total. The highest BCUT2D eigenvalue weighted by atomic mass is 32.2. The molecule has 172 valence electrons. The van der Waals surface area contributed by atoms with Gasteiger partial charge in [-0.05, 0) is 37.1 Å². The van der Waals surface area contributed by atoms with Crippen molar-refractivity contribution in [2.75, 3.05) is 45.8 Å². The molecule has 1 N–H and O–H groups in total. The Morgan fingerprint density at radius 2 is 1.78 bits per heavy atom. The third-order valence-corrected chi connectivity index (χ3v) is 7.42. The molecule has 0 bridgehead atoms. The maximum Gasteiger partial charge on any atom is 0.243 e. The van der Waals surface area contributed by atoms with Gasteiger partial charge in [0.1, 0.15) is 13.2 Å². The fourth-order valence-corrected chi connectivity index (χ4v) is 5.41. The van der Waals surface area contributed by atoms with E-state index in [-0.39, 0.29) is 17.3 Å². The molecule has 0 aromatic heterocycles. The van der Waals surface area contributed by atoms with Gasteiger partial charge in [-0.1, -0.05) is 0 Å². The summed E-state index contributed by atoms with van der Waals surface area (Å²) in [7, 11) is -0.850. The van der Waals surface area contributed by atoms with Crippen LogP contribution in [0.1, 0.15) is 12.8 Å². The maximum absolute atomic E-state index is 13.2. The lowest BCUT2D eigenvalue weighted by Crippen LogP contribution is -2.43. The predicted octanol–water partition coefficient (Wildman–Crippen LogP) is 2.51. The molecule has 2 heterocycles. The van der Waals surface area contributed by atoms with E-state index in [1.54, 1.807) is 24.3 Å². The number of benzene rings is 2. The van der Waals surface area contributed by atoms with Gasteiger partial charge in [0.05, 0.1) is 25.0 Å². The highest BCUT2D eigenvalue weighted by Gasteiger charge is 2.34. The van der Waals surface area contributed by atoms with Gasteiger partial charge in [0.15, 0.2) is 23.0 Å². The number of nitrogens with zero attached hydrogens (tertiary/aromatic N) is 1. The number of methoxy groups -OCH3 is 2. The summed E-state index contributed by atoms with van der Waals surface area (Å²) in [5, 5.41) is 2.87. The van der Waals surface area contributed by atoms with Gasteiger partial charge in [-0.15, -0.1) is 0 Å². The molecule has 0 aliphatic carbocycles. The van der Waals surface area contributed by atoms with E-state index in [1.807, 2.05) is 0 Å². The number of piperidine rings is 1. The van der Waals surface area contributed by atoms with Crippen LogP contribution >= 0.6 is 0 Å². The average Bonchev–Trinajstić information content (AvgIpc) is 2.83. The van der Waals surface area contributed by atoms with Gasteiger partial charge in [0.25, 0.3) is 0 Å². The number of carbonyl (C=O) groups is 1. The van der Waals surface area contributed by atoms with Crippen molar-refractivity contribution in [2.24, 2.45) is 5.92 Å². The zero-order valence-corrected chi connectivity index (χ0v) is 18.8. The van der Waals surface area contributed by atoms with Gasteiger partial charge >= 0.3 is 0 Å². The molecule has 1 saturated heterocycles. The standard InChI is InChI=1S/C22H26N2O7S/c1-28-18-8-6-17(13-20(18)29-2)32(26,27)24-9-3-4-15(14-24)22(25)23-16-5-7-19-21(12-16)31-11-10-30-19/h5-8,12-13,15H,3-4,9-11,14H2,1-2H3,(H,23,25)/t15-/m1/s1. The second kappa shape index (κ2) is 9.25. The summed E-state index contributed by atoms with van der Waals surface area (Å²) in [4.78, 5) is 13.0. The molecule has 1 atom stereocenters. The molecule has 0 saturated carbocycles. The van der Waals surface area contributed by atoms with E-state index in [9.17, 15) is 13.2 Å². The monoisotopic (exact) mass is 462 g/mol. The third-order valence-electron chi connectivity index (χ3n) is 5.56. The molecule has 1 amide bonds. The SMILES string of the molecule is COc1ccc(S(=O)(=O)N2CCC[C@@H](C(=O)Nc3ccc4c(c3)OCCO4)C2)cc1OC. The van der Waals surface area contributed by atoms with Crippen molar-refractivity contribution >= 4 is 21.6 Å². The Hall–Kier alpha value is -2.98. The molecule has 1 fully saturated rings. The van der Waals surface area contributed by atoms with Crippen LogP contribution in [0, 0.1) is 5.92 Å². The Balaban J connectivity index is 1.47. The highest BCUT2D eigenvalue weighted by molar-refractivity contribution is 7.89. The summed E-state index contributed by atoms with van der Waals surface area (Å²) in [5.74, 6) is 1.30. The average molecular weight is 463 g/mol. The van der Waals surface area contributed by atoms with Crippen LogP contribution < -0.4 is 24.3 Å². The van der Waals surface area contributed by atoms with Crippen molar-refractivity contribution in [3.8, 4) is 23.0 Å². The van der Waals surface area contributed by atoms with Crippen LogP contribution in [0.3, 0.4) is 0 Å². The number of rotatable bonds is 6. The van der Waals surface area contributed by atoms with Gasteiger partial charge in [0.2, 0.25) is 15.9 Å². The first kappa shape index (κ1) is 22.2. The number of amides is 1. The molecule has 0 radical (unpaired) electrons. The minimum absolute atomic E-state index is 0.100. The summed E-state index contributed by atoms with van der Waals surface area (Å²) < 4.78 is 49.2. The van der Waals surface area contributed by atoms with Gasteiger partial charge in [-0.25, -0.2) is 8.42 Å². The van der Waals surface area contributed by atoms with E-state index in [0.29, 0.717) is 61.3 Å². The summed E-state index contributed by atoms with van der Waals surface area (Å²) in [5.41, 5.74) is 0.583. The van der Waals surface area contributed by atoms with E-state index in [2.05, 4.69) is 5.32 Å². The van der Waals surface area contributed by atoms with E-state index < -0.39 is 15.9 Å². The van der Waals surface area contributed by atoms with Crippen LogP contribution in [0.2, 0.25) is 0 Å². The van der Waals surface area contributed by atoms with Crippen molar-refractivity contribution < 1.29 is 32.2 Å². The normalized spacial score (nSPS) is 18.6. The van der Waals surface area contributed by atoms with Crippen molar-refractivity contribution in [3.63, 3.8) is 0 Å². The smallest absolute Gasteiger partial charge is 0.243 e. The number of carbonyl (C=O) groups excluding carboxylic acids is 1. The molecule has 2 aliphatic rings. The number of nitrogens with one attached hydrogen (secondary N) is 1. The van der Waals surface area contributed by atoms with Crippen LogP contribution in [0.4, 0.5) is 5.69 Å². The molecular weight excluding hydrogens is 436 g/mol. The molecule has 32 heavy (non-hydrogen) atoms. The van der Waals surface area contributed by atoms with E-state index in [4.69, 9.17) is 18.9 Å². The van der Waals surface area contributed by atoms with Crippen molar-refractivity contribution in [1.82, 2.24) is 4.31 Å². The second-order valence-corrected chi connectivity index (χ2v) is 9.50. The molecular formula is C22H26N2O7S. The number of fused-ring (bicyclic) bond motifs is 1. The summed E-state index contributed by atoms with van der Waals surface area (Å²) in [6.07, 6.45) is 1.19. The maximum atomic E-state index is 13.2. The van der Waals surface area contributed by atoms with Crippen LogP contribution in [-0.2, 0) is 14.8 Å². The fourth-order valence-electron chi connectivity index (χ4n) is 3.87. The topological polar surface area (TPSA) is 103 Å². The molecule has 4 rings (SSSR count). The second-order valence-electron chi connectivity index (χ2n) is 7.57.